The van der Waals surface area contributed by atoms with Crippen LogP contribution < -0.4 is 20.4 Å². The summed E-state index contributed by atoms with van der Waals surface area (Å²) in [6, 6.07) is 8.27. The number of hydrogen-bond donors (Lipinski definition) is 3. The Kier molecular flexibility index (Phi) is 8.21. The highest BCUT2D eigenvalue weighted by Crippen LogP contribution is 2.15. The van der Waals surface area contributed by atoms with Crippen LogP contribution in [0.4, 0.5) is 5.69 Å². The fraction of sp³-hybridized carbons (Fsp3) is 0.529. The molecule has 7 nitrogen and oxygen atoms in total. The lowest BCUT2D eigenvalue weighted by atomic mass is 10.1. The second-order valence-corrected chi connectivity index (χ2v) is 6.07. The Hall–Kier alpha value is -2.12. The number of hydrogen-bond acceptors (Lipinski definition) is 4. The highest BCUT2D eigenvalue weighted by atomic mass is 16.5. The van der Waals surface area contributed by atoms with Crippen LogP contribution in [-0.2, 0) is 14.3 Å². The zero-order chi connectivity index (χ0) is 18.1. The minimum Gasteiger partial charge on any atom is -0.383 e. The summed E-state index contributed by atoms with van der Waals surface area (Å²) in [7, 11) is 9.57. The number of nitrogens with one attached hydrogen (secondary N) is 3. The molecular formula is C17H29N4O3+. The molecule has 1 aromatic carbocycles. The van der Waals surface area contributed by atoms with E-state index in [0.29, 0.717) is 19.7 Å². The molecule has 0 saturated carbocycles. The number of likely N-dealkylation sites (N-methyl/N-ethyl adjacent to an activating group) is 1. The van der Waals surface area contributed by atoms with E-state index in [1.165, 1.54) is 12.0 Å². The lowest BCUT2D eigenvalue weighted by molar-refractivity contribution is -0.890. The standard InChI is InChI=1S/C17H28N4O3/c1-20(2)14-8-6-13(7-9-14)15(21(3)4)12-19-17(23)16(22)18-10-11-24-5/h6-9,15H,10-12H2,1-5H3,(H,18,22)(H,19,23)/p+1/t15-/m1/s1. The topological polar surface area (TPSA) is 75.1 Å². The van der Waals surface area contributed by atoms with E-state index in [9.17, 15) is 9.59 Å². The highest BCUT2D eigenvalue weighted by molar-refractivity contribution is 6.35. The van der Waals surface area contributed by atoms with Crippen LogP contribution in [0.15, 0.2) is 24.3 Å². The van der Waals surface area contributed by atoms with Gasteiger partial charge in [0.2, 0.25) is 0 Å². The van der Waals surface area contributed by atoms with Gasteiger partial charge in [-0.2, -0.15) is 0 Å². The Morgan fingerprint density at radius 1 is 1.12 bits per heavy atom. The Bertz CT molecular complexity index is 529. The van der Waals surface area contributed by atoms with Crippen molar-refractivity contribution in [2.24, 2.45) is 0 Å². The number of ether oxygens (including phenoxy) is 1. The molecule has 24 heavy (non-hydrogen) atoms. The summed E-state index contributed by atoms with van der Waals surface area (Å²) >= 11 is 0. The fourth-order valence-electron chi connectivity index (χ4n) is 2.28. The predicted octanol–water partition coefficient (Wildman–Crippen LogP) is -1.18. The van der Waals surface area contributed by atoms with Crippen molar-refractivity contribution in [2.75, 3.05) is 59.9 Å². The van der Waals surface area contributed by atoms with Crippen molar-refractivity contribution >= 4 is 17.5 Å². The first-order valence-corrected chi connectivity index (χ1v) is 7.99. The van der Waals surface area contributed by atoms with Crippen LogP contribution in [0.25, 0.3) is 0 Å². The Morgan fingerprint density at radius 2 is 1.71 bits per heavy atom. The molecule has 0 saturated heterocycles. The molecule has 134 valence electrons. The SMILES string of the molecule is COCCNC(=O)C(=O)NC[C@H](c1ccc(N(C)C)cc1)[NH+](C)C. The van der Waals surface area contributed by atoms with Gasteiger partial charge in [-0.25, -0.2) is 0 Å². The van der Waals surface area contributed by atoms with Crippen LogP contribution in [0.1, 0.15) is 11.6 Å². The molecule has 0 aliphatic heterocycles. The summed E-state index contributed by atoms with van der Waals surface area (Å²) in [5.41, 5.74) is 2.23. The molecule has 0 aliphatic rings. The average molecular weight is 337 g/mol. The molecule has 1 atom stereocenters. The number of carbonyl (C=O) groups is 2. The smallest absolute Gasteiger partial charge is 0.309 e. The van der Waals surface area contributed by atoms with Crippen LogP contribution >= 0.6 is 0 Å². The summed E-state index contributed by atoms with van der Waals surface area (Å²) in [5.74, 6) is -1.26. The van der Waals surface area contributed by atoms with Gasteiger partial charge in [-0.3, -0.25) is 9.59 Å². The van der Waals surface area contributed by atoms with Gasteiger partial charge in [0.15, 0.2) is 0 Å². The van der Waals surface area contributed by atoms with E-state index in [4.69, 9.17) is 4.74 Å². The normalized spacial score (nSPS) is 11.9. The van der Waals surface area contributed by atoms with Crippen molar-refractivity contribution in [1.29, 1.82) is 0 Å². The van der Waals surface area contributed by atoms with Gasteiger partial charge in [0.05, 0.1) is 27.2 Å². The largest absolute Gasteiger partial charge is 0.383 e. The number of anilines is 1. The summed E-state index contributed by atoms with van der Waals surface area (Å²) in [6.45, 7) is 1.08. The number of carbonyl (C=O) groups excluding carboxylic acids is 2. The van der Waals surface area contributed by atoms with Gasteiger partial charge in [-0.1, -0.05) is 12.1 Å². The number of benzene rings is 1. The summed E-state index contributed by atoms with van der Waals surface area (Å²) < 4.78 is 4.83. The second kappa shape index (κ2) is 9.89. The fourth-order valence-corrected chi connectivity index (χ4v) is 2.28. The Morgan fingerprint density at radius 3 is 2.21 bits per heavy atom. The number of amides is 2. The number of methoxy groups -OCH3 is 1. The van der Waals surface area contributed by atoms with Crippen molar-refractivity contribution in [3.8, 4) is 0 Å². The van der Waals surface area contributed by atoms with Crippen LogP contribution in [0.5, 0.6) is 0 Å². The average Bonchev–Trinajstić information content (AvgIpc) is 2.55. The number of quaternary nitrogens is 1. The summed E-state index contributed by atoms with van der Waals surface area (Å²) in [6.07, 6.45) is 0. The maximum Gasteiger partial charge on any atom is 0.309 e. The molecule has 0 spiro atoms. The molecular weight excluding hydrogens is 308 g/mol. The molecule has 0 bridgehead atoms. The third-order valence-electron chi connectivity index (χ3n) is 3.77. The van der Waals surface area contributed by atoms with Crippen LogP contribution in [0.3, 0.4) is 0 Å². The van der Waals surface area contributed by atoms with Crippen molar-refractivity contribution in [3.05, 3.63) is 29.8 Å². The molecule has 0 aliphatic carbocycles. The lowest BCUT2D eigenvalue weighted by Gasteiger charge is -2.23. The molecule has 0 heterocycles. The van der Waals surface area contributed by atoms with E-state index in [1.54, 1.807) is 0 Å². The highest BCUT2D eigenvalue weighted by Gasteiger charge is 2.21. The Labute approximate surface area is 144 Å². The van der Waals surface area contributed by atoms with E-state index >= 15 is 0 Å². The van der Waals surface area contributed by atoms with Gasteiger partial charge in [-0.15, -0.1) is 0 Å². The van der Waals surface area contributed by atoms with Gasteiger partial charge >= 0.3 is 11.8 Å². The zero-order valence-electron chi connectivity index (χ0n) is 15.2. The van der Waals surface area contributed by atoms with Crippen LogP contribution in [0, 0.1) is 0 Å². The van der Waals surface area contributed by atoms with Crippen LogP contribution in [0.2, 0.25) is 0 Å². The number of rotatable bonds is 8. The minimum atomic E-state index is -0.637. The molecule has 2 amide bonds. The van der Waals surface area contributed by atoms with Crippen molar-refractivity contribution in [2.45, 2.75) is 6.04 Å². The van der Waals surface area contributed by atoms with Crippen molar-refractivity contribution in [3.63, 3.8) is 0 Å². The minimum absolute atomic E-state index is 0.0666. The maximum absolute atomic E-state index is 11.9. The van der Waals surface area contributed by atoms with Crippen molar-refractivity contribution in [1.82, 2.24) is 10.6 Å². The van der Waals surface area contributed by atoms with E-state index in [0.717, 1.165) is 11.3 Å². The lowest BCUT2D eigenvalue weighted by Crippen LogP contribution is -3.07. The van der Waals surface area contributed by atoms with E-state index in [-0.39, 0.29) is 6.04 Å². The van der Waals surface area contributed by atoms with E-state index < -0.39 is 11.8 Å². The first-order valence-electron chi connectivity index (χ1n) is 7.99. The monoisotopic (exact) mass is 337 g/mol. The second-order valence-electron chi connectivity index (χ2n) is 6.07. The molecule has 7 heteroatoms. The third kappa shape index (κ3) is 6.17. The van der Waals surface area contributed by atoms with Gasteiger partial charge in [0.25, 0.3) is 0 Å². The zero-order valence-corrected chi connectivity index (χ0v) is 15.2. The van der Waals surface area contributed by atoms with Gasteiger partial charge in [0.1, 0.15) is 6.04 Å². The van der Waals surface area contributed by atoms with Crippen LogP contribution in [-0.4, -0.2) is 66.8 Å². The molecule has 3 N–H and O–H groups in total. The van der Waals surface area contributed by atoms with Gasteiger partial charge < -0.3 is 25.2 Å². The molecule has 0 unspecified atom stereocenters. The molecule has 1 aromatic rings. The maximum atomic E-state index is 11.9. The molecule has 0 aromatic heterocycles. The molecule has 0 radical (unpaired) electrons. The Balaban J connectivity index is 2.63. The molecule has 1 rings (SSSR count). The third-order valence-corrected chi connectivity index (χ3v) is 3.77. The molecule has 0 fully saturated rings. The quantitative estimate of drug-likeness (QED) is 0.412. The van der Waals surface area contributed by atoms with E-state index in [2.05, 4.69) is 22.8 Å². The van der Waals surface area contributed by atoms with E-state index in [1.807, 2.05) is 45.2 Å². The van der Waals surface area contributed by atoms with Gasteiger partial charge in [-0.05, 0) is 12.1 Å². The number of nitrogens with zero attached hydrogens (tertiary/aromatic N) is 1. The van der Waals surface area contributed by atoms with Crippen molar-refractivity contribution < 1.29 is 19.2 Å². The first-order chi connectivity index (χ1) is 11.4. The summed E-state index contributed by atoms with van der Waals surface area (Å²) in [4.78, 5) is 26.7. The predicted molar refractivity (Wildman–Crippen MR) is 94.2 cm³/mol. The summed E-state index contributed by atoms with van der Waals surface area (Å²) in [5, 5.41) is 5.21. The van der Waals surface area contributed by atoms with Gasteiger partial charge in [0, 0.05) is 39.0 Å². The first kappa shape index (κ1) is 19.9.